The molecule has 31 heavy (non-hydrogen) atoms. The summed E-state index contributed by atoms with van der Waals surface area (Å²) in [5, 5.41) is 4.51. The number of nitrogens with one attached hydrogen (secondary N) is 1. The summed E-state index contributed by atoms with van der Waals surface area (Å²) in [4.78, 5) is 0. The Morgan fingerprint density at radius 2 is 1.68 bits per heavy atom. The van der Waals surface area contributed by atoms with Gasteiger partial charge in [0.1, 0.15) is 12.4 Å². The van der Waals surface area contributed by atoms with Crippen molar-refractivity contribution < 1.29 is 14.2 Å². The van der Waals surface area contributed by atoms with Crippen molar-refractivity contribution in [2.45, 2.75) is 19.6 Å². The molecule has 0 atom stereocenters. The maximum Gasteiger partial charge on any atom is 0.167 e. The zero-order valence-corrected chi connectivity index (χ0v) is 20.5. The van der Waals surface area contributed by atoms with Crippen molar-refractivity contribution in [3.05, 3.63) is 85.8 Å². The van der Waals surface area contributed by atoms with Gasteiger partial charge in [-0.2, -0.15) is 0 Å². The molecule has 164 valence electrons. The largest absolute Gasteiger partial charge is 0.496 e. The molecule has 0 bridgehead atoms. The summed E-state index contributed by atoms with van der Waals surface area (Å²) in [5.74, 6) is 2.26. The Hall–Kier alpha value is -1.92. The molecule has 0 aliphatic carbocycles. The van der Waals surface area contributed by atoms with Gasteiger partial charge in [0.25, 0.3) is 0 Å². The highest BCUT2D eigenvalue weighted by molar-refractivity contribution is 9.10. The Kier molecular flexibility index (Phi) is 8.90. The molecule has 0 heterocycles. The number of ether oxygens (including phenoxy) is 3. The first-order chi connectivity index (χ1) is 15.0. The normalized spacial score (nSPS) is 10.7. The molecule has 0 fully saturated rings. The molecule has 1 N–H and O–H groups in total. The highest BCUT2D eigenvalue weighted by Crippen LogP contribution is 2.37. The van der Waals surface area contributed by atoms with E-state index in [4.69, 9.17) is 37.4 Å². The number of hydrogen-bond acceptors (Lipinski definition) is 4. The van der Waals surface area contributed by atoms with Crippen LogP contribution in [0.3, 0.4) is 0 Å². The minimum Gasteiger partial charge on any atom is -0.496 e. The van der Waals surface area contributed by atoms with E-state index in [0.717, 1.165) is 34.3 Å². The summed E-state index contributed by atoms with van der Waals surface area (Å²) in [6.45, 7) is 1.75. The van der Waals surface area contributed by atoms with E-state index >= 15 is 0 Å². The van der Waals surface area contributed by atoms with Gasteiger partial charge in [-0.1, -0.05) is 63.4 Å². The van der Waals surface area contributed by atoms with E-state index < -0.39 is 0 Å². The Bertz CT molecular complexity index is 1030. The molecule has 0 spiro atoms. The lowest BCUT2D eigenvalue weighted by Gasteiger charge is -2.17. The number of rotatable bonds is 10. The molecule has 3 rings (SSSR count). The highest BCUT2D eigenvalue weighted by Gasteiger charge is 2.15. The van der Waals surface area contributed by atoms with Gasteiger partial charge in [0.2, 0.25) is 0 Å². The average molecular weight is 525 g/mol. The molecule has 0 aromatic heterocycles. The van der Waals surface area contributed by atoms with Crippen LogP contribution in [0.2, 0.25) is 10.0 Å². The van der Waals surface area contributed by atoms with Crippen LogP contribution in [0.25, 0.3) is 0 Å². The van der Waals surface area contributed by atoms with Crippen molar-refractivity contribution in [2.75, 3.05) is 20.8 Å². The van der Waals surface area contributed by atoms with Gasteiger partial charge in [0.05, 0.1) is 24.3 Å². The maximum absolute atomic E-state index is 6.16. The predicted octanol–water partition coefficient (Wildman–Crippen LogP) is 6.68. The third-order valence-corrected chi connectivity index (χ3v) is 6.30. The van der Waals surface area contributed by atoms with Crippen LogP contribution in [0.1, 0.15) is 16.7 Å². The first-order valence-corrected chi connectivity index (χ1v) is 11.3. The molecule has 0 unspecified atom stereocenters. The fraction of sp³-hybridized carbons (Fsp3) is 0.250. The monoisotopic (exact) mass is 523 g/mol. The van der Waals surface area contributed by atoms with Gasteiger partial charge in [-0.3, -0.25) is 0 Å². The zero-order chi connectivity index (χ0) is 22.2. The lowest BCUT2D eigenvalue weighted by atomic mass is 10.1. The standard InChI is InChI=1S/C24H24BrCl2NO3/c1-29-22-6-4-3-5-17(22)11-12-28-14-18-19(25)8-10-23(30-2)24(18)31-15-16-7-9-20(26)21(27)13-16/h3-10,13,28H,11-12,14-15H2,1-2H3. The van der Waals surface area contributed by atoms with Crippen molar-refractivity contribution in [1.29, 1.82) is 0 Å². The Labute approximate surface area is 201 Å². The van der Waals surface area contributed by atoms with Crippen LogP contribution in [-0.4, -0.2) is 20.8 Å². The molecular weight excluding hydrogens is 501 g/mol. The van der Waals surface area contributed by atoms with Gasteiger partial charge >= 0.3 is 0 Å². The molecule has 3 aromatic carbocycles. The summed E-state index contributed by atoms with van der Waals surface area (Å²) in [5.41, 5.74) is 3.07. The van der Waals surface area contributed by atoms with Gasteiger partial charge in [-0.15, -0.1) is 0 Å². The van der Waals surface area contributed by atoms with E-state index in [-0.39, 0.29) is 0 Å². The average Bonchev–Trinajstić information content (AvgIpc) is 2.78. The number of benzene rings is 3. The fourth-order valence-electron chi connectivity index (χ4n) is 3.20. The van der Waals surface area contributed by atoms with Crippen molar-refractivity contribution >= 4 is 39.1 Å². The fourth-order valence-corrected chi connectivity index (χ4v) is 3.97. The van der Waals surface area contributed by atoms with Gasteiger partial charge in [0.15, 0.2) is 11.5 Å². The zero-order valence-electron chi connectivity index (χ0n) is 17.4. The van der Waals surface area contributed by atoms with Crippen molar-refractivity contribution in [1.82, 2.24) is 5.32 Å². The van der Waals surface area contributed by atoms with Crippen molar-refractivity contribution in [2.24, 2.45) is 0 Å². The van der Waals surface area contributed by atoms with Crippen LogP contribution in [0.15, 0.2) is 59.1 Å². The highest BCUT2D eigenvalue weighted by atomic mass is 79.9. The van der Waals surface area contributed by atoms with Crippen LogP contribution in [0.4, 0.5) is 0 Å². The summed E-state index contributed by atoms with van der Waals surface area (Å²) in [6.07, 6.45) is 0.852. The Morgan fingerprint density at radius 3 is 2.42 bits per heavy atom. The Morgan fingerprint density at radius 1 is 0.903 bits per heavy atom. The first kappa shape index (κ1) is 23.7. The predicted molar refractivity (Wildman–Crippen MR) is 130 cm³/mol. The molecule has 0 aliphatic rings. The van der Waals surface area contributed by atoms with Gasteiger partial charge < -0.3 is 19.5 Å². The topological polar surface area (TPSA) is 39.7 Å². The molecule has 0 radical (unpaired) electrons. The maximum atomic E-state index is 6.16. The van der Waals surface area contributed by atoms with Gasteiger partial charge in [-0.05, 0) is 54.4 Å². The second-order valence-corrected chi connectivity index (χ2v) is 8.50. The van der Waals surface area contributed by atoms with Gasteiger partial charge in [0, 0.05) is 16.6 Å². The molecular formula is C24H24BrCl2NO3. The smallest absolute Gasteiger partial charge is 0.167 e. The van der Waals surface area contributed by atoms with E-state index in [0.29, 0.717) is 34.7 Å². The molecule has 0 amide bonds. The first-order valence-electron chi connectivity index (χ1n) is 9.78. The molecule has 7 heteroatoms. The number of hydrogen-bond donors (Lipinski definition) is 1. The summed E-state index contributed by atoms with van der Waals surface area (Å²) in [7, 11) is 3.32. The lowest BCUT2D eigenvalue weighted by molar-refractivity contribution is 0.280. The molecule has 0 aliphatic heterocycles. The van der Waals surface area contributed by atoms with Crippen LogP contribution in [0, 0.1) is 0 Å². The van der Waals surface area contributed by atoms with E-state index in [1.165, 1.54) is 5.56 Å². The summed E-state index contributed by atoms with van der Waals surface area (Å²) >= 11 is 15.8. The number of methoxy groups -OCH3 is 2. The Balaban J connectivity index is 1.69. The van der Waals surface area contributed by atoms with Crippen molar-refractivity contribution in [3.63, 3.8) is 0 Å². The second-order valence-electron chi connectivity index (χ2n) is 6.83. The molecule has 0 saturated heterocycles. The van der Waals surface area contributed by atoms with E-state index in [2.05, 4.69) is 27.3 Å². The van der Waals surface area contributed by atoms with Crippen LogP contribution >= 0.6 is 39.1 Å². The minimum atomic E-state index is 0.345. The molecule has 3 aromatic rings. The minimum absolute atomic E-state index is 0.345. The SMILES string of the molecule is COc1ccccc1CCNCc1c(Br)ccc(OC)c1OCc1ccc(Cl)c(Cl)c1. The summed E-state index contributed by atoms with van der Waals surface area (Å²) in [6, 6.07) is 17.3. The molecule has 4 nitrogen and oxygen atoms in total. The van der Waals surface area contributed by atoms with E-state index in [1.54, 1.807) is 26.4 Å². The number of halogens is 3. The second kappa shape index (κ2) is 11.6. The summed E-state index contributed by atoms with van der Waals surface area (Å²) < 4.78 is 18.1. The van der Waals surface area contributed by atoms with Crippen LogP contribution in [-0.2, 0) is 19.6 Å². The van der Waals surface area contributed by atoms with E-state index in [9.17, 15) is 0 Å². The lowest BCUT2D eigenvalue weighted by Crippen LogP contribution is -2.18. The third kappa shape index (κ3) is 6.30. The third-order valence-electron chi connectivity index (χ3n) is 4.82. The number of para-hydroxylation sites is 1. The molecule has 0 saturated carbocycles. The van der Waals surface area contributed by atoms with Crippen LogP contribution < -0.4 is 19.5 Å². The van der Waals surface area contributed by atoms with E-state index in [1.807, 2.05) is 36.4 Å². The quantitative estimate of drug-likeness (QED) is 0.300. The van der Waals surface area contributed by atoms with Crippen LogP contribution in [0.5, 0.6) is 17.2 Å². The van der Waals surface area contributed by atoms with Gasteiger partial charge in [-0.25, -0.2) is 0 Å². The van der Waals surface area contributed by atoms with Crippen molar-refractivity contribution in [3.8, 4) is 17.2 Å².